The van der Waals surface area contributed by atoms with Crippen molar-refractivity contribution in [1.82, 2.24) is 0 Å². The zero-order valence-corrected chi connectivity index (χ0v) is 16.0. The van der Waals surface area contributed by atoms with Gasteiger partial charge in [0.1, 0.15) is 18.3 Å². The summed E-state index contributed by atoms with van der Waals surface area (Å²) in [4.78, 5) is 24.5. The highest BCUT2D eigenvalue weighted by Gasteiger charge is 2.79. The zero-order chi connectivity index (χ0) is 19.1. The lowest BCUT2D eigenvalue weighted by Crippen LogP contribution is -2.54. The molecule has 144 valence electrons. The number of rotatable bonds is 4. The van der Waals surface area contributed by atoms with E-state index in [0.29, 0.717) is 6.42 Å². The third-order valence-corrected chi connectivity index (χ3v) is 6.94. The zero-order valence-electron chi connectivity index (χ0n) is 16.0. The van der Waals surface area contributed by atoms with E-state index < -0.39 is 17.5 Å². The first-order valence-corrected chi connectivity index (χ1v) is 8.99. The van der Waals surface area contributed by atoms with Crippen LogP contribution in [0.25, 0.3) is 0 Å². The summed E-state index contributed by atoms with van der Waals surface area (Å²) in [5.74, 6) is -0.401. The lowest BCUT2D eigenvalue weighted by Gasteiger charge is -2.47. The van der Waals surface area contributed by atoms with Crippen LogP contribution in [-0.2, 0) is 33.3 Å². The SMILES string of the molecule is COC(OC)[C@@]1(C)O[C@]12C[C@@]1(C)C(=CC2=O)[C@@H]2O[C@@H]2[C@H](OC(C)=O)[C@@H]1C. The molecular weight excluding hydrogens is 340 g/mol. The van der Waals surface area contributed by atoms with E-state index in [9.17, 15) is 9.59 Å². The number of ketones is 1. The Bertz CT molecular complexity index is 698. The van der Waals surface area contributed by atoms with Crippen LogP contribution in [0.3, 0.4) is 0 Å². The van der Waals surface area contributed by atoms with E-state index >= 15 is 0 Å². The Kier molecular flexibility index (Phi) is 3.74. The van der Waals surface area contributed by atoms with Crippen molar-refractivity contribution in [1.29, 1.82) is 0 Å². The first-order chi connectivity index (χ1) is 12.1. The number of carbonyl (C=O) groups excluding carboxylic acids is 2. The molecule has 1 saturated carbocycles. The van der Waals surface area contributed by atoms with E-state index in [1.165, 1.54) is 21.1 Å². The maximum atomic E-state index is 13.0. The molecule has 0 aromatic carbocycles. The summed E-state index contributed by atoms with van der Waals surface area (Å²) in [5, 5.41) is 0. The number of hydrogen-bond acceptors (Lipinski definition) is 7. The highest BCUT2D eigenvalue weighted by atomic mass is 16.7. The summed E-state index contributed by atoms with van der Waals surface area (Å²) in [6.45, 7) is 7.40. The lowest BCUT2D eigenvalue weighted by molar-refractivity contribution is -0.154. The van der Waals surface area contributed by atoms with Gasteiger partial charge in [0.05, 0.1) is 0 Å². The van der Waals surface area contributed by atoms with Gasteiger partial charge in [-0.3, -0.25) is 9.59 Å². The molecule has 4 aliphatic rings. The van der Waals surface area contributed by atoms with E-state index in [1.807, 2.05) is 13.8 Å². The molecule has 7 atom stereocenters. The van der Waals surface area contributed by atoms with Crippen LogP contribution in [0.1, 0.15) is 34.1 Å². The molecule has 2 heterocycles. The summed E-state index contributed by atoms with van der Waals surface area (Å²) >= 11 is 0. The maximum absolute atomic E-state index is 13.0. The van der Waals surface area contributed by atoms with E-state index in [0.717, 1.165) is 5.57 Å². The monoisotopic (exact) mass is 366 g/mol. The average Bonchev–Trinajstić information content (AvgIpc) is 3.45. The molecule has 7 nitrogen and oxygen atoms in total. The summed E-state index contributed by atoms with van der Waals surface area (Å²) < 4.78 is 28.1. The molecule has 2 saturated heterocycles. The minimum Gasteiger partial charge on any atom is -0.459 e. The Morgan fingerprint density at radius 3 is 2.54 bits per heavy atom. The number of carbonyl (C=O) groups is 2. The van der Waals surface area contributed by atoms with E-state index in [-0.39, 0.29) is 41.4 Å². The van der Waals surface area contributed by atoms with Crippen molar-refractivity contribution in [2.75, 3.05) is 14.2 Å². The number of methoxy groups -OCH3 is 2. The standard InChI is InChI=1S/C19H26O7/c1-9-13(24-10(2)20)15-14(25-15)11-7-12(21)19(8-17(9,11)3)18(4,26-19)16(22-5)23-6/h7,9,13-16H,8H2,1-6H3/t9-,13+,14-,15+,17+,18+,19-/m0/s1. The maximum Gasteiger partial charge on any atom is 0.303 e. The Hall–Kier alpha value is -1.28. The minimum atomic E-state index is -0.987. The smallest absolute Gasteiger partial charge is 0.303 e. The van der Waals surface area contributed by atoms with Crippen LogP contribution in [-0.4, -0.2) is 61.8 Å². The van der Waals surface area contributed by atoms with Crippen molar-refractivity contribution >= 4 is 11.8 Å². The molecule has 0 aromatic rings. The molecule has 1 spiro atoms. The van der Waals surface area contributed by atoms with Crippen molar-refractivity contribution in [2.45, 2.75) is 69.9 Å². The molecule has 0 bridgehead atoms. The molecule has 0 radical (unpaired) electrons. The molecule has 7 heteroatoms. The fourth-order valence-corrected chi connectivity index (χ4v) is 5.22. The molecule has 2 aliphatic carbocycles. The summed E-state index contributed by atoms with van der Waals surface area (Å²) in [6, 6.07) is 0. The third-order valence-electron chi connectivity index (χ3n) is 6.94. The predicted molar refractivity (Wildman–Crippen MR) is 89.2 cm³/mol. The van der Waals surface area contributed by atoms with Crippen LogP contribution in [0.5, 0.6) is 0 Å². The molecule has 3 fully saturated rings. The molecule has 26 heavy (non-hydrogen) atoms. The van der Waals surface area contributed by atoms with Gasteiger partial charge in [-0.1, -0.05) is 13.8 Å². The fourth-order valence-electron chi connectivity index (χ4n) is 5.22. The van der Waals surface area contributed by atoms with E-state index in [4.69, 9.17) is 23.7 Å². The van der Waals surface area contributed by atoms with Gasteiger partial charge in [0, 0.05) is 32.5 Å². The number of esters is 1. The van der Waals surface area contributed by atoms with Crippen molar-refractivity contribution in [3.05, 3.63) is 11.6 Å². The first-order valence-electron chi connectivity index (χ1n) is 8.99. The average molecular weight is 366 g/mol. The second-order valence-corrected chi connectivity index (χ2v) is 8.28. The van der Waals surface area contributed by atoms with Gasteiger partial charge < -0.3 is 23.7 Å². The molecule has 0 aromatic heterocycles. The molecule has 0 N–H and O–H groups in total. The van der Waals surface area contributed by atoms with Crippen LogP contribution in [0, 0.1) is 11.3 Å². The predicted octanol–water partition coefficient (Wildman–Crippen LogP) is 1.39. The Labute approximate surface area is 152 Å². The number of fused-ring (bicyclic) bond motifs is 3. The minimum absolute atomic E-state index is 0.0108. The highest BCUT2D eigenvalue weighted by molar-refractivity contribution is 6.02. The van der Waals surface area contributed by atoms with Crippen molar-refractivity contribution in [3.63, 3.8) is 0 Å². The van der Waals surface area contributed by atoms with Gasteiger partial charge in [0.2, 0.25) is 0 Å². The second-order valence-electron chi connectivity index (χ2n) is 8.28. The number of ether oxygens (including phenoxy) is 5. The highest BCUT2D eigenvalue weighted by Crippen LogP contribution is 2.66. The van der Waals surface area contributed by atoms with Gasteiger partial charge in [-0.25, -0.2) is 0 Å². The van der Waals surface area contributed by atoms with Crippen molar-refractivity contribution in [2.24, 2.45) is 11.3 Å². The quantitative estimate of drug-likeness (QED) is 0.422. The third kappa shape index (κ3) is 2.08. The lowest BCUT2D eigenvalue weighted by atomic mass is 9.56. The molecule has 0 amide bonds. The molecule has 4 rings (SSSR count). The van der Waals surface area contributed by atoms with E-state index in [1.54, 1.807) is 6.08 Å². The fraction of sp³-hybridized carbons (Fsp3) is 0.789. The number of hydrogen-bond donors (Lipinski definition) is 0. The molecule has 0 unspecified atom stereocenters. The second kappa shape index (κ2) is 5.38. The van der Waals surface area contributed by atoms with Crippen LogP contribution >= 0.6 is 0 Å². The van der Waals surface area contributed by atoms with Crippen LogP contribution in [0.2, 0.25) is 0 Å². The largest absolute Gasteiger partial charge is 0.459 e. The normalized spacial score (nSPS) is 48.7. The Morgan fingerprint density at radius 1 is 1.31 bits per heavy atom. The van der Waals surface area contributed by atoms with Gasteiger partial charge in [-0.15, -0.1) is 0 Å². The topological polar surface area (TPSA) is 86.9 Å². The molecule has 2 aliphatic heterocycles. The van der Waals surface area contributed by atoms with Crippen molar-refractivity contribution in [3.8, 4) is 0 Å². The summed E-state index contributed by atoms with van der Waals surface area (Å²) in [6.07, 6.45) is 0.881. The Morgan fingerprint density at radius 2 is 1.96 bits per heavy atom. The Balaban J connectivity index is 1.70. The van der Waals surface area contributed by atoms with Crippen molar-refractivity contribution < 1.29 is 33.3 Å². The van der Waals surface area contributed by atoms with Gasteiger partial charge in [0.25, 0.3) is 0 Å². The summed E-state index contributed by atoms with van der Waals surface area (Å²) in [7, 11) is 3.07. The summed E-state index contributed by atoms with van der Waals surface area (Å²) in [5.41, 5.74) is -1.23. The van der Waals surface area contributed by atoms with Gasteiger partial charge >= 0.3 is 5.97 Å². The molecular formula is C19H26O7. The van der Waals surface area contributed by atoms with Gasteiger partial charge in [-0.2, -0.15) is 0 Å². The van der Waals surface area contributed by atoms with Gasteiger partial charge in [-0.05, 0) is 25.0 Å². The van der Waals surface area contributed by atoms with E-state index in [2.05, 4.69) is 6.92 Å². The van der Waals surface area contributed by atoms with Gasteiger partial charge in [0.15, 0.2) is 23.3 Å². The van der Waals surface area contributed by atoms with Crippen LogP contribution in [0.4, 0.5) is 0 Å². The van der Waals surface area contributed by atoms with Crippen LogP contribution in [0.15, 0.2) is 11.6 Å². The van der Waals surface area contributed by atoms with Crippen LogP contribution < -0.4 is 0 Å². The number of epoxide rings is 2. The first kappa shape index (κ1) is 18.1.